The second kappa shape index (κ2) is 6.69. The number of nitriles is 1. The van der Waals surface area contributed by atoms with Gasteiger partial charge in [0.2, 0.25) is 10.0 Å². The number of hydrogen-bond donors (Lipinski definition) is 1. The Balaban J connectivity index is 2.31. The number of carbonyl (C=O) groups excluding carboxylic acids is 1. The van der Waals surface area contributed by atoms with Gasteiger partial charge in [-0.15, -0.1) is 0 Å². The standard InChI is InChI=1S/C16H20N2O4S/c1-12-5-4-8-16(10-12,11-17)18-23(20,21)14-7-3-6-13(9-14)15(19)22-2/h3,6-7,9,12,18H,4-5,8,10H2,1-2H3/t12-,16-/m0/s1. The van der Waals surface area contributed by atoms with E-state index in [0.717, 1.165) is 12.8 Å². The molecule has 23 heavy (non-hydrogen) atoms. The molecular formula is C16H20N2O4S. The smallest absolute Gasteiger partial charge is 0.337 e. The number of rotatable bonds is 4. The summed E-state index contributed by atoms with van der Waals surface area (Å²) in [6, 6.07) is 7.75. The van der Waals surface area contributed by atoms with Crippen LogP contribution in [0.3, 0.4) is 0 Å². The Labute approximate surface area is 136 Å². The molecule has 0 aliphatic heterocycles. The van der Waals surface area contributed by atoms with E-state index < -0.39 is 21.5 Å². The zero-order valence-corrected chi connectivity index (χ0v) is 14.0. The number of methoxy groups -OCH3 is 1. The van der Waals surface area contributed by atoms with E-state index in [1.54, 1.807) is 0 Å². The summed E-state index contributed by atoms with van der Waals surface area (Å²) < 4.78 is 32.4. The van der Waals surface area contributed by atoms with Crippen LogP contribution in [-0.2, 0) is 14.8 Å². The molecule has 0 bridgehead atoms. The molecule has 124 valence electrons. The van der Waals surface area contributed by atoms with E-state index in [-0.39, 0.29) is 16.4 Å². The highest BCUT2D eigenvalue weighted by Crippen LogP contribution is 2.33. The van der Waals surface area contributed by atoms with Gasteiger partial charge in [0.05, 0.1) is 23.6 Å². The summed E-state index contributed by atoms with van der Waals surface area (Å²) in [7, 11) is -2.67. The second-order valence-electron chi connectivity index (χ2n) is 6.02. The highest BCUT2D eigenvalue weighted by Gasteiger charge is 2.39. The van der Waals surface area contributed by atoms with Gasteiger partial charge in [0.1, 0.15) is 5.54 Å². The van der Waals surface area contributed by atoms with E-state index in [9.17, 15) is 18.5 Å². The van der Waals surface area contributed by atoms with Gasteiger partial charge in [-0.05, 0) is 37.0 Å². The molecule has 1 aromatic rings. The molecule has 0 unspecified atom stereocenters. The molecule has 2 atom stereocenters. The predicted molar refractivity (Wildman–Crippen MR) is 84.1 cm³/mol. The Hall–Kier alpha value is -1.91. The summed E-state index contributed by atoms with van der Waals surface area (Å²) in [4.78, 5) is 11.5. The molecule has 1 aliphatic carbocycles. The van der Waals surface area contributed by atoms with Crippen molar-refractivity contribution in [2.45, 2.75) is 43.0 Å². The first kappa shape index (κ1) is 17.4. The van der Waals surface area contributed by atoms with Gasteiger partial charge < -0.3 is 4.74 Å². The minimum Gasteiger partial charge on any atom is -0.465 e. The van der Waals surface area contributed by atoms with Crippen LogP contribution in [0.15, 0.2) is 29.2 Å². The van der Waals surface area contributed by atoms with Gasteiger partial charge in [0.15, 0.2) is 0 Å². The Bertz CT molecular complexity index is 739. The Kier molecular flexibility index (Phi) is 5.07. The van der Waals surface area contributed by atoms with Crippen LogP contribution in [0.5, 0.6) is 0 Å². The number of nitrogens with zero attached hydrogens (tertiary/aromatic N) is 1. The summed E-state index contributed by atoms with van der Waals surface area (Å²) in [6.07, 6.45) is 2.77. The average molecular weight is 336 g/mol. The molecule has 1 N–H and O–H groups in total. The van der Waals surface area contributed by atoms with Gasteiger partial charge in [-0.25, -0.2) is 13.2 Å². The highest BCUT2D eigenvalue weighted by molar-refractivity contribution is 7.89. The first-order chi connectivity index (χ1) is 10.8. The number of sulfonamides is 1. The van der Waals surface area contributed by atoms with Crippen molar-refractivity contribution in [1.82, 2.24) is 4.72 Å². The van der Waals surface area contributed by atoms with Crippen molar-refractivity contribution in [3.8, 4) is 6.07 Å². The van der Waals surface area contributed by atoms with Gasteiger partial charge in [-0.2, -0.15) is 9.98 Å². The van der Waals surface area contributed by atoms with Crippen LogP contribution >= 0.6 is 0 Å². The SMILES string of the molecule is COC(=O)c1cccc(S(=O)(=O)N[C@@]2(C#N)CCC[C@H](C)C2)c1. The number of hydrogen-bond acceptors (Lipinski definition) is 5. The fraction of sp³-hybridized carbons (Fsp3) is 0.500. The summed E-state index contributed by atoms with van der Waals surface area (Å²) in [5, 5.41) is 9.50. The van der Waals surface area contributed by atoms with Gasteiger partial charge in [0, 0.05) is 0 Å². The number of esters is 1. The summed E-state index contributed by atoms with van der Waals surface area (Å²) in [6.45, 7) is 2.01. The molecule has 1 fully saturated rings. The third-order valence-electron chi connectivity index (χ3n) is 4.11. The van der Waals surface area contributed by atoms with Crippen molar-refractivity contribution in [3.05, 3.63) is 29.8 Å². The predicted octanol–water partition coefficient (Wildman–Crippen LogP) is 2.22. The fourth-order valence-electron chi connectivity index (χ4n) is 2.99. The van der Waals surface area contributed by atoms with Crippen LogP contribution in [0.1, 0.15) is 43.0 Å². The van der Waals surface area contributed by atoms with Gasteiger partial charge in [-0.3, -0.25) is 0 Å². The number of benzene rings is 1. The fourth-order valence-corrected chi connectivity index (χ4v) is 4.40. The maximum absolute atomic E-state index is 12.6. The summed E-state index contributed by atoms with van der Waals surface area (Å²) >= 11 is 0. The maximum Gasteiger partial charge on any atom is 0.337 e. The lowest BCUT2D eigenvalue weighted by Gasteiger charge is -2.34. The van der Waals surface area contributed by atoms with Crippen LogP contribution in [0.4, 0.5) is 0 Å². The summed E-state index contributed by atoms with van der Waals surface area (Å²) in [5.74, 6) is -0.323. The largest absolute Gasteiger partial charge is 0.465 e. The lowest BCUT2D eigenvalue weighted by Crippen LogP contribution is -2.49. The van der Waals surface area contributed by atoms with Crippen LogP contribution in [0, 0.1) is 17.2 Å². The van der Waals surface area contributed by atoms with E-state index in [2.05, 4.69) is 15.5 Å². The molecule has 0 amide bonds. The first-order valence-corrected chi connectivity index (χ1v) is 8.94. The number of ether oxygens (including phenoxy) is 1. The molecule has 0 aromatic heterocycles. The Morgan fingerprint density at radius 2 is 2.22 bits per heavy atom. The minimum absolute atomic E-state index is 0.0479. The second-order valence-corrected chi connectivity index (χ2v) is 7.70. The zero-order valence-electron chi connectivity index (χ0n) is 13.2. The van der Waals surface area contributed by atoms with Crippen LogP contribution in [-0.4, -0.2) is 27.0 Å². The normalized spacial score (nSPS) is 24.7. The van der Waals surface area contributed by atoms with Crippen molar-refractivity contribution in [2.75, 3.05) is 7.11 Å². The van der Waals surface area contributed by atoms with Gasteiger partial charge in [-0.1, -0.05) is 25.8 Å². The molecule has 0 spiro atoms. The summed E-state index contributed by atoms with van der Waals surface area (Å²) in [5.41, 5.74) is -0.934. The third kappa shape index (κ3) is 3.89. The molecule has 2 rings (SSSR count). The molecule has 0 heterocycles. The van der Waals surface area contributed by atoms with Gasteiger partial charge >= 0.3 is 5.97 Å². The number of nitrogens with one attached hydrogen (secondary N) is 1. The van der Waals surface area contributed by atoms with Crippen LogP contribution < -0.4 is 4.72 Å². The van der Waals surface area contributed by atoms with Crippen LogP contribution in [0.25, 0.3) is 0 Å². The van der Waals surface area contributed by atoms with Crippen molar-refractivity contribution in [3.63, 3.8) is 0 Å². The van der Waals surface area contributed by atoms with Crippen molar-refractivity contribution in [2.24, 2.45) is 5.92 Å². The third-order valence-corrected chi connectivity index (χ3v) is 5.64. The van der Waals surface area contributed by atoms with E-state index >= 15 is 0 Å². The maximum atomic E-state index is 12.6. The topological polar surface area (TPSA) is 96.3 Å². The van der Waals surface area contributed by atoms with Crippen molar-refractivity contribution < 1.29 is 17.9 Å². The molecule has 7 heteroatoms. The van der Waals surface area contributed by atoms with E-state index in [0.29, 0.717) is 12.8 Å². The lowest BCUT2D eigenvalue weighted by atomic mass is 9.78. The zero-order chi connectivity index (χ0) is 17.1. The quantitative estimate of drug-likeness (QED) is 0.851. The van der Waals surface area contributed by atoms with E-state index in [1.165, 1.54) is 31.4 Å². The van der Waals surface area contributed by atoms with Crippen LogP contribution in [0.2, 0.25) is 0 Å². The molecular weight excluding hydrogens is 316 g/mol. The molecule has 0 radical (unpaired) electrons. The Morgan fingerprint density at radius 3 is 2.83 bits per heavy atom. The van der Waals surface area contributed by atoms with E-state index in [4.69, 9.17) is 0 Å². The highest BCUT2D eigenvalue weighted by atomic mass is 32.2. The molecule has 1 aliphatic rings. The minimum atomic E-state index is -3.90. The van der Waals surface area contributed by atoms with Crippen molar-refractivity contribution in [1.29, 1.82) is 5.26 Å². The van der Waals surface area contributed by atoms with Crippen molar-refractivity contribution >= 4 is 16.0 Å². The van der Waals surface area contributed by atoms with E-state index in [1.807, 2.05) is 6.92 Å². The first-order valence-electron chi connectivity index (χ1n) is 7.45. The molecule has 1 aromatic carbocycles. The molecule has 1 saturated carbocycles. The number of carbonyl (C=O) groups is 1. The molecule has 6 nitrogen and oxygen atoms in total. The molecule has 0 saturated heterocycles. The average Bonchev–Trinajstić information content (AvgIpc) is 2.53. The lowest BCUT2D eigenvalue weighted by molar-refractivity contribution is 0.0600. The van der Waals surface area contributed by atoms with Gasteiger partial charge in [0.25, 0.3) is 0 Å². The Morgan fingerprint density at radius 1 is 1.48 bits per heavy atom. The monoisotopic (exact) mass is 336 g/mol.